The molecule has 1 fully saturated rings. The van der Waals surface area contributed by atoms with E-state index in [0.717, 1.165) is 0 Å². The van der Waals surface area contributed by atoms with E-state index in [1.807, 2.05) is 21.2 Å². The predicted molar refractivity (Wildman–Crippen MR) is 50.1 cm³/mol. The van der Waals surface area contributed by atoms with E-state index in [0.29, 0.717) is 19.4 Å². The van der Waals surface area contributed by atoms with Crippen molar-refractivity contribution in [2.45, 2.75) is 25.2 Å². The van der Waals surface area contributed by atoms with Crippen LogP contribution in [0.3, 0.4) is 0 Å². The SMILES string of the molecule is FC1CC(COSI)CC1F. The minimum absolute atomic E-state index is 0.0715. The fourth-order valence-corrected chi connectivity index (χ4v) is 1.97. The molecule has 0 aromatic heterocycles. The Morgan fingerprint density at radius 1 is 1.36 bits per heavy atom. The summed E-state index contributed by atoms with van der Waals surface area (Å²) in [7, 11) is 1.22. The van der Waals surface area contributed by atoms with Gasteiger partial charge >= 0.3 is 0 Å². The smallest absolute Gasteiger partial charge is 0.132 e. The Hall–Kier alpha value is 0.900. The van der Waals surface area contributed by atoms with Gasteiger partial charge in [-0.2, -0.15) is 0 Å². The van der Waals surface area contributed by atoms with Gasteiger partial charge in [0.2, 0.25) is 0 Å². The molecule has 66 valence electrons. The van der Waals surface area contributed by atoms with Crippen molar-refractivity contribution in [1.29, 1.82) is 0 Å². The van der Waals surface area contributed by atoms with Crippen LogP contribution in [0.15, 0.2) is 0 Å². The molecule has 0 radical (unpaired) electrons. The van der Waals surface area contributed by atoms with Gasteiger partial charge in [0.25, 0.3) is 0 Å². The van der Waals surface area contributed by atoms with Crippen molar-refractivity contribution in [2.75, 3.05) is 6.61 Å². The Morgan fingerprint density at radius 2 is 1.91 bits per heavy atom. The van der Waals surface area contributed by atoms with Gasteiger partial charge in [-0.15, -0.1) is 0 Å². The van der Waals surface area contributed by atoms with E-state index in [9.17, 15) is 8.78 Å². The Labute approximate surface area is 81.0 Å². The third-order valence-electron chi connectivity index (χ3n) is 1.86. The summed E-state index contributed by atoms with van der Waals surface area (Å²) in [4.78, 5) is 0. The van der Waals surface area contributed by atoms with Crippen molar-refractivity contribution in [3.05, 3.63) is 0 Å². The van der Waals surface area contributed by atoms with Crippen LogP contribution in [0.2, 0.25) is 0 Å². The first-order valence-corrected chi connectivity index (χ1v) is 6.70. The van der Waals surface area contributed by atoms with Crippen LogP contribution >= 0.6 is 30.4 Å². The molecule has 0 spiro atoms. The standard InChI is InChI=1S/C6H9F2IOS/c7-5-1-4(2-6(5)8)3-10-11-9/h4-6H,1-3H2. The molecule has 1 aliphatic carbocycles. The maximum atomic E-state index is 12.6. The molecule has 0 aromatic carbocycles. The van der Waals surface area contributed by atoms with Crippen LogP contribution in [0.5, 0.6) is 0 Å². The van der Waals surface area contributed by atoms with E-state index in [-0.39, 0.29) is 5.92 Å². The quantitative estimate of drug-likeness (QED) is 0.584. The van der Waals surface area contributed by atoms with Crippen LogP contribution in [-0.4, -0.2) is 19.0 Å². The first-order chi connectivity index (χ1) is 5.24. The second-order valence-electron chi connectivity index (χ2n) is 2.72. The second-order valence-corrected chi connectivity index (χ2v) is 4.16. The minimum Gasteiger partial charge on any atom is -0.305 e. The largest absolute Gasteiger partial charge is 0.305 e. The van der Waals surface area contributed by atoms with Gasteiger partial charge < -0.3 is 4.18 Å². The molecule has 0 amide bonds. The summed E-state index contributed by atoms with van der Waals surface area (Å²) in [5.74, 6) is 0.0715. The summed E-state index contributed by atoms with van der Waals surface area (Å²) in [6, 6.07) is 0. The molecular formula is C6H9F2IOS. The molecule has 0 N–H and O–H groups in total. The van der Waals surface area contributed by atoms with E-state index in [4.69, 9.17) is 4.18 Å². The van der Waals surface area contributed by atoms with Crippen LogP contribution < -0.4 is 0 Å². The zero-order valence-electron chi connectivity index (χ0n) is 5.80. The Morgan fingerprint density at radius 3 is 2.36 bits per heavy atom. The molecule has 0 saturated heterocycles. The first kappa shape index (κ1) is 9.98. The minimum atomic E-state index is -1.26. The first-order valence-electron chi connectivity index (χ1n) is 3.42. The maximum absolute atomic E-state index is 12.6. The van der Waals surface area contributed by atoms with Gasteiger partial charge in [-0.1, -0.05) is 0 Å². The molecule has 11 heavy (non-hydrogen) atoms. The van der Waals surface area contributed by atoms with E-state index in [1.165, 1.54) is 9.21 Å². The maximum Gasteiger partial charge on any atom is 0.132 e. The van der Waals surface area contributed by atoms with Crippen LogP contribution in [0.25, 0.3) is 0 Å². The molecule has 2 unspecified atom stereocenters. The number of halogens is 3. The van der Waals surface area contributed by atoms with Crippen molar-refractivity contribution in [2.24, 2.45) is 5.92 Å². The lowest BCUT2D eigenvalue weighted by Crippen LogP contribution is -2.06. The van der Waals surface area contributed by atoms with Gasteiger partial charge in [-0.25, -0.2) is 8.78 Å². The molecular weight excluding hydrogens is 285 g/mol. The van der Waals surface area contributed by atoms with E-state index >= 15 is 0 Å². The summed E-state index contributed by atoms with van der Waals surface area (Å²) < 4.78 is 30.1. The van der Waals surface area contributed by atoms with Crippen molar-refractivity contribution in [3.63, 3.8) is 0 Å². The van der Waals surface area contributed by atoms with Gasteiger partial charge in [0.15, 0.2) is 0 Å². The normalized spacial score (nSPS) is 37.9. The van der Waals surface area contributed by atoms with Crippen molar-refractivity contribution < 1.29 is 13.0 Å². The highest BCUT2D eigenvalue weighted by atomic mass is 127. The van der Waals surface area contributed by atoms with Crippen LogP contribution in [-0.2, 0) is 4.18 Å². The fourth-order valence-electron chi connectivity index (χ4n) is 1.29. The van der Waals surface area contributed by atoms with Crippen LogP contribution in [0, 0.1) is 5.92 Å². The molecule has 0 heterocycles. The lowest BCUT2D eigenvalue weighted by atomic mass is 10.1. The predicted octanol–water partition coefficient (Wildman–Crippen LogP) is 3.09. The molecule has 0 aliphatic heterocycles. The van der Waals surface area contributed by atoms with Gasteiger partial charge in [0.05, 0.1) is 15.8 Å². The average molecular weight is 294 g/mol. The van der Waals surface area contributed by atoms with Gasteiger partial charge in [-0.3, -0.25) is 0 Å². The van der Waals surface area contributed by atoms with E-state index in [2.05, 4.69) is 0 Å². The number of hydrogen-bond donors (Lipinski definition) is 0. The van der Waals surface area contributed by atoms with Gasteiger partial charge in [0, 0.05) is 21.2 Å². The summed E-state index contributed by atoms with van der Waals surface area (Å²) in [6.45, 7) is 0.467. The van der Waals surface area contributed by atoms with Gasteiger partial charge in [-0.05, 0) is 18.8 Å². The lowest BCUT2D eigenvalue weighted by Gasteiger charge is -2.04. The molecule has 2 atom stereocenters. The van der Waals surface area contributed by atoms with Gasteiger partial charge in [0.1, 0.15) is 12.3 Å². The molecule has 1 aliphatic rings. The summed E-state index contributed by atoms with van der Waals surface area (Å²) in [5.41, 5.74) is 0. The second kappa shape index (κ2) is 4.81. The van der Waals surface area contributed by atoms with E-state index in [1.54, 1.807) is 0 Å². The van der Waals surface area contributed by atoms with Crippen molar-refractivity contribution in [3.8, 4) is 0 Å². The van der Waals surface area contributed by atoms with Crippen LogP contribution in [0.4, 0.5) is 8.78 Å². The summed E-state index contributed by atoms with van der Waals surface area (Å²) >= 11 is 1.99. The highest BCUT2D eigenvalue weighted by molar-refractivity contribution is 14.2. The molecule has 5 heteroatoms. The zero-order valence-corrected chi connectivity index (χ0v) is 8.78. The van der Waals surface area contributed by atoms with E-state index < -0.39 is 12.3 Å². The number of rotatable bonds is 3. The Kier molecular flexibility index (Phi) is 4.37. The molecule has 0 aromatic rings. The summed E-state index contributed by atoms with van der Waals surface area (Å²) in [5, 5.41) is 0. The average Bonchev–Trinajstić information content (AvgIpc) is 2.28. The highest BCUT2D eigenvalue weighted by Gasteiger charge is 2.34. The third kappa shape index (κ3) is 3.02. The molecule has 1 nitrogen and oxygen atoms in total. The molecule has 0 bridgehead atoms. The Bertz CT molecular complexity index is 117. The Balaban J connectivity index is 2.18. The number of alkyl halides is 2. The highest BCUT2D eigenvalue weighted by Crippen LogP contribution is 2.32. The van der Waals surface area contributed by atoms with Crippen molar-refractivity contribution in [1.82, 2.24) is 0 Å². The lowest BCUT2D eigenvalue weighted by molar-refractivity contribution is 0.199. The monoisotopic (exact) mass is 294 g/mol. The topological polar surface area (TPSA) is 9.23 Å². The third-order valence-corrected chi connectivity index (χ3v) is 2.85. The molecule has 1 saturated carbocycles. The fraction of sp³-hybridized carbons (Fsp3) is 1.00. The number of hydrogen-bond acceptors (Lipinski definition) is 2. The summed E-state index contributed by atoms with van der Waals surface area (Å²) in [6.07, 6.45) is -1.89. The molecule has 1 rings (SSSR count). The van der Waals surface area contributed by atoms with Crippen LogP contribution in [0.1, 0.15) is 12.8 Å². The van der Waals surface area contributed by atoms with Crippen molar-refractivity contribution >= 4 is 30.4 Å². The zero-order chi connectivity index (χ0) is 8.27.